The number of fused-ring (bicyclic) bond motifs is 1. The molecule has 3 rings (SSSR count). The third kappa shape index (κ3) is 2.63. The molecule has 0 spiro atoms. The molecule has 3 aromatic rings. The van der Waals surface area contributed by atoms with Crippen molar-refractivity contribution in [3.63, 3.8) is 0 Å². The number of carbonyl (C=O) groups excluding carboxylic acids is 1. The Hall–Kier alpha value is -2.56. The topological polar surface area (TPSA) is 60.1 Å². The maximum atomic E-state index is 12.6. The summed E-state index contributed by atoms with van der Waals surface area (Å²) < 4.78 is 7.52. The van der Waals surface area contributed by atoms with Gasteiger partial charge in [-0.05, 0) is 45.9 Å². The second-order valence-electron chi connectivity index (χ2n) is 6.43. The summed E-state index contributed by atoms with van der Waals surface area (Å²) in [4.78, 5) is 17.2. The van der Waals surface area contributed by atoms with E-state index in [2.05, 4.69) is 10.3 Å². The minimum absolute atomic E-state index is 0.229. The van der Waals surface area contributed by atoms with Gasteiger partial charge in [-0.15, -0.1) is 0 Å². The van der Waals surface area contributed by atoms with Gasteiger partial charge in [-0.25, -0.2) is 4.98 Å². The van der Waals surface area contributed by atoms with Gasteiger partial charge in [0.2, 0.25) is 0 Å². The van der Waals surface area contributed by atoms with Gasteiger partial charge in [0.25, 0.3) is 5.91 Å². The molecule has 5 heteroatoms. The van der Waals surface area contributed by atoms with Crippen LogP contribution in [0.5, 0.6) is 0 Å². The van der Waals surface area contributed by atoms with E-state index in [0.29, 0.717) is 5.76 Å². The van der Waals surface area contributed by atoms with Crippen LogP contribution in [-0.2, 0) is 12.6 Å². The summed E-state index contributed by atoms with van der Waals surface area (Å²) in [5.74, 6) is 1.66. The number of hydrogen-bond donors (Lipinski definition) is 1. The van der Waals surface area contributed by atoms with Gasteiger partial charge in [-0.2, -0.15) is 0 Å². The summed E-state index contributed by atoms with van der Waals surface area (Å²) in [5.41, 5.74) is 2.16. The SMILES string of the molecule is Cc1cc(C)c(C(=O)NC(C)(C)c2nc3ccccc3n2C)o1. The Morgan fingerprint density at radius 3 is 2.57 bits per heavy atom. The smallest absolute Gasteiger partial charge is 0.288 e. The maximum absolute atomic E-state index is 12.6. The van der Waals surface area contributed by atoms with E-state index in [1.54, 1.807) is 0 Å². The highest BCUT2D eigenvalue weighted by atomic mass is 16.3. The summed E-state index contributed by atoms with van der Waals surface area (Å²) in [6, 6.07) is 9.78. The van der Waals surface area contributed by atoms with Crippen molar-refractivity contribution in [1.29, 1.82) is 0 Å². The number of benzene rings is 1. The number of nitrogens with one attached hydrogen (secondary N) is 1. The lowest BCUT2D eigenvalue weighted by molar-refractivity contribution is 0.0876. The van der Waals surface area contributed by atoms with Crippen LogP contribution in [-0.4, -0.2) is 15.5 Å². The van der Waals surface area contributed by atoms with Crippen LogP contribution in [0.25, 0.3) is 11.0 Å². The van der Waals surface area contributed by atoms with E-state index >= 15 is 0 Å². The first-order valence-electron chi connectivity index (χ1n) is 7.61. The zero-order valence-corrected chi connectivity index (χ0v) is 14.1. The van der Waals surface area contributed by atoms with Crippen LogP contribution in [0, 0.1) is 13.8 Å². The van der Waals surface area contributed by atoms with Crippen LogP contribution >= 0.6 is 0 Å². The number of rotatable bonds is 3. The highest BCUT2D eigenvalue weighted by Crippen LogP contribution is 2.25. The maximum Gasteiger partial charge on any atom is 0.288 e. The monoisotopic (exact) mass is 311 g/mol. The molecule has 0 unspecified atom stereocenters. The number of aromatic nitrogens is 2. The minimum Gasteiger partial charge on any atom is -0.456 e. The Morgan fingerprint density at radius 2 is 1.96 bits per heavy atom. The molecule has 0 saturated heterocycles. The fourth-order valence-electron chi connectivity index (χ4n) is 2.97. The Bertz CT molecular complexity index is 887. The van der Waals surface area contributed by atoms with Gasteiger partial charge in [-0.1, -0.05) is 12.1 Å². The molecule has 0 aliphatic heterocycles. The molecule has 23 heavy (non-hydrogen) atoms. The van der Waals surface area contributed by atoms with Crippen LogP contribution in [0.4, 0.5) is 0 Å². The zero-order valence-electron chi connectivity index (χ0n) is 14.1. The van der Waals surface area contributed by atoms with E-state index in [4.69, 9.17) is 4.42 Å². The number of imidazole rings is 1. The van der Waals surface area contributed by atoms with Crippen molar-refractivity contribution in [3.05, 3.63) is 53.2 Å². The molecular weight excluding hydrogens is 290 g/mol. The Kier molecular flexibility index (Phi) is 3.51. The quantitative estimate of drug-likeness (QED) is 0.806. The summed E-state index contributed by atoms with van der Waals surface area (Å²) in [7, 11) is 1.96. The first-order chi connectivity index (χ1) is 10.8. The van der Waals surface area contributed by atoms with Gasteiger partial charge in [-0.3, -0.25) is 4.79 Å². The zero-order chi connectivity index (χ0) is 16.8. The van der Waals surface area contributed by atoms with Crippen LogP contribution < -0.4 is 5.32 Å². The molecule has 2 aromatic heterocycles. The largest absolute Gasteiger partial charge is 0.456 e. The fourth-order valence-corrected chi connectivity index (χ4v) is 2.97. The van der Waals surface area contributed by atoms with Gasteiger partial charge in [0.15, 0.2) is 5.76 Å². The number of carbonyl (C=O) groups is 1. The van der Waals surface area contributed by atoms with E-state index < -0.39 is 5.54 Å². The Morgan fingerprint density at radius 1 is 1.26 bits per heavy atom. The van der Waals surface area contributed by atoms with E-state index in [-0.39, 0.29) is 5.91 Å². The van der Waals surface area contributed by atoms with E-state index in [0.717, 1.165) is 28.2 Å². The number of amides is 1. The third-order valence-corrected chi connectivity index (χ3v) is 4.02. The predicted molar refractivity (Wildman–Crippen MR) is 89.4 cm³/mol. The van der Waals surface area contributed by atoms with Crippen LogP contribution in [0.1, 0.15) is 41.6 Å². The van der Waals surface area contributed by atoms with Crippen LogP contribution in [0.15, 0.2) is 34.7 Å². The molecule has 5 nitrogen and oxygen atoms in total. The van der Waals surface area contributed by atoms with E-state index in [1.165, 1.54) is 0 Å². The highest BCUT2D eigenvalue weighted by molar-refractivity contribution is 5.93. The average Bonchev–Trinajstić information content (AvgIpc) is 2.99. The van der Waals surface area contributed by atoms with Crippen molar-refractivity contribution >= 4 is 16.9 Å². The lowest BCUT2D eigenvalue weighted by atomic mass is 10.0. The minimum atomic E-state index is -0.627. The predicted octanol–water partition coefficient (Wildman–Crippen LogP) is 3.45. The molecule has 1 aromatic carbocycles. The average molecular weight is 311 g/mol. The molecule has 0 fully saturated rings. The molecular formula is C18H21N3O2. The number of para-hydroxylation sites is 2. The number of hydrogen-bond acceptors (Lipinski definition) is 3. The van der Waals surface area contributed by atoms with Gasteiger partial charge in [0, 0.05) is 12.6 Å². The highest BCUT2D eigenvalue weighted by Gasteiger charge is 2.30. The van der Waals surface area contributed by atoms with Gasteiger partial charge in [0.1, 0.15) is 11.6 Å². The van der Waals surface area contributed by atoms with Crippen molar-refractivity contribution in [3.8, 4) is 0 Å². The van der Waals surface area contributed by atoms with Crippen molar-refractivity contribution in [2.24, 2.45) is 7.05 Å². The van der Waals surface area contributed by atoms with Gasteiger partial charge in [0.05, 0.1) is 16.6 Å². The first-order valence-corrected chi connectivity index (χ1v) is 7.61. The molecule has 2 heterocycles. The molecule has 120 valence electrons. The molecule has 1 amide bonds. The lowest BCUT2D eigenvalue weighted by Gasteiger charge is -2.25. The van der Waals surface area contributed by atoms with Crippen LogP contribution in [0.3, 0.4) is 0 Å². The number of furan rings is 1. The molecule has 0 saturated carbocycles. The molecule has 0 aliphatic carbocycles. The van der Waals surface area contributed by atoms with E-state index in [1.807, 2.05) is 69.6 Å². The molecule has 0 bridgehead atoms. The summed E-state index contributed by atoms with van der Waals surface area (Å²) in [5, 5.41) is 3.03. The molecule has 1 N–H and O–H groups in total. The molecule has 0 atom stereocenters. The molecule has 0 aliphatic rings. The van der Waals surface area contributed by atoms with E-state index in [9.17, 15) is 4.79 Å². The second kappa shape index (κ2) is 5.26. The van der Waals surface area contributed by atoms with Crippen molar-refractivity contribution in [2.45, 2.75) is 33.2 Å². The van der Waals surface area contributed by atoms with Gasteiger partial charge >= 0.3 is 0 Å². The van der Waals surface area contributed by atoms with Gasteiger partial charge < -0.3 is 14.3 Å². The first kappa shape index (κ1) is 15.3. The van der Waals surface area contributed by atoms with Crippen molar-refractivity contribution in [1.82, 2.24) is 14.9 Å². The van der Waals surface area contributed by atoms with Crippen molar-refractivity contribution in [2.75, 3.05) is 0 Å². The lowest BCUT2D eigenvalue weighted by Crippen LogP contribution is -2.42. The summed E-state index contributed by atoms with van der Waals surface area (Å²) >= 11 is 0. The normalized spacial score (nSPS) is 11.9. The molecule has 0 radical (unpaired) electrons. The summed E-state index contributed by atoms with van der Waals surface area (Å²) in [6.45, 7) is 7.59. The number of nitrogens with zero attached hydrogens (tertiary/aromatic N) is 2. The number of aryl methyl sites for hydroxylation is 3. The standard InChI is InChI=1S/C18H21N3O2/c1-11-10-12(2)23-15(11)16(22)20-18(3,4)17-19-13-8-6-7-9-14(13)21(17)5/h6-10H,1-5H3,(H,20,22). The third-order valence-electron chi connectivity index (χ3n) is 4.02. The Labute approximate surface area is 135 Å². The van der Waals surface area contributed by atoms with Crippen molar-refractivity contribution < 1.29 is 9.21 Å². The van der Waals surface area contributed by atoms with Crippen LogP contribution in [0.2, 0.25) is 0 Å². The Balaban J connectivity index is 1.95. The summed E-state index contributed by atoms with van der Waals surface area (Å²) in [6.07, 6.45) is 0. The second-order valence-corrected chi connectivity index (χ2v) is 6.43. The fraction of sp³-hybridized carbons (Fsp3) is 0.333.